The molecule has 0 saturated carbocycles. The lowest BCUT2D eigenvalue weighted by Crippen LogP contribution is -2.38. The summed E-state index contributed by atoms with van der Waals surface area (Å²) in [5.74, 6) is 1.38. The first-order chi connectivity index (χ1) is 12.7. The van der Waals surface area contributed by atoms with Gasteiger partial charge in [-0.25, -0.2) is 15.0 Å². The molecule has 0 aliphatic carbocycles. The minimum Gasteiger partial charge on any atom is -0.444 e. The Morgan fingerprint density at radius 3 is 2.81 bits per heavy atom. The summed E-state index contributed by atoms with van der Waals surface area (Å²) in [7, 11) is 0. The normalized spacial score (nSPS) is 11.5. The Morgan fingerprint density at radius 1 is 1.23 bits per heavy atom. The van der Waals surface area contributed by atoms with Gasteiger partial charge in [0.05, 0.1) is 12.9 Å². The Labute approximate surface area is 153 Å². The Hall–Kier alpha value is -3.09. The third-order valence-corrected chi connectivity index (χ3v) is 3.82. The van der Waals surface area contributed by atoms with Gasteiger partial charge in [-0.15, -0.1) is 0 Å². The Bertz CT molecular complexity index is 820. The molecule has 26 heavy (non-hydrogen) atoms. The Balaban J connectivity index is 1.57. The molecule has 0 unspecified atom stereocenters. The van der Waals surface area contributed by atoms with Crippen molar-refractivity contribution >= 4 is 5.96 Å². The van der Waals surface area contributed by atoms with Crippen molar-refractivity contribution in [3.8, 4) is 11.5 Å². The van der Waals surface area contributed by atoms with Crippen LogP contribution < -0.4 is 10.6 Å². The van der Waals surface area contributed by atoms with Gasteiger partial charge in [-0.2, -0.15) is 0 Å². The lowest BCUT2D eigenvalue weighted by Gasteiger charge is -2.11. The molecule has 0 radical (unpaired) electrons. The molecule has 0 amide bonds. The molecule has 2 N–H and O–H groups in total. The molecular weight excluding hydrogens is 328 g/mol. The van der Waals surface area contributed by atoms with E-state index in [4.69, 9.17) is 4.42 Å². The lowest BCUT2D eigenvalue weighted by atomic mass is 10.1. The van der Waals surface area contributed by atoms with Crippen LogP contribution in [0.2, 0.25) is 0 Å². The second-order valence-corrected chi connectivity index (χ2v) is 5.93. The van der Waals surface area contributed by atoms with Gasteiger partial charge < -0.3 is 19.6 Å². The van der Waals surface area contributed by atoms with Crippen molar-refractivity contribution in [2.75, 3.05) is 13.1 Å². The second-order valence-electron chi connectivity index (χ2n) is 5.93. The van der Waals surface area contributed by atoms with E-state index in [-0.39, 0.29) is 0 Å². The molecule has 0 atom stereocenters. The van der Waals surface area contributed by atoms with Crippen molar-refractivity contribution in [3.05, 3.63) is 60.5 Å². The Kier molecular flexibility index (Phi) is 6.03. The minimum atomic E-state index is 0.454. The van der Waals surface area contributed by atoms with Crippen LogP contribution in [0.1, 0.15) is 18.2 Å². The maximum Gasteiger partial charge on any atom is 0.226 e. The van der Waals surface area contributed by atoms with Gasteiger partial charge in [-0.1, -0.05) is 17.7 Å². The van der Waals surface area contributed by atoms with Crippen LogP contribution in [0, 0.1) is 6.92 Å². The molecule has 3 rings (SSSR count). The first kappa shape index (κ1) is 17.7. The molecule has 1 aromatic carbocycles. The fraction of sp³-hybridized carbons (Fsp3) is 0.316. The number of guanidine groups is 1. The highest BCUT2D eigenvalue weighted by Gasteiger charge is 2.06. The molecular formula is C19H24N6O. The van der Waals surface area contributed by atoms with E-state index in [2.05, 4.69) is 32.5 Å². The lowest BCUT2D eigenvalue weighted by molar-refractivity contribution is 0.572. The van der Waals surface area contributed by atoms with Crippen LogP contribution in [-0.2, 0) is 13.1 Å². The zero-order valence-corrected chi connectivity index (χ0v) is 15.1. The summed E-state index contributed by atoms with van der Waals surface area (Å²) in [6.07, 6.45) is 7.17. The number of aliphatic imine (C=N–C) groups is 1. The standard InChI is InChI=1S/C19H24N6O/c1-3-21-19(22-9-11-25-10-8-20-14-25)23-12-17-13-26-18(24-17)16-6-4-15(2)5-7-16/h4-8,10,13-14H,3,9,11-12H2,1-2H3,(H2,21,22,23). The molecule has 7 heteroatoms. The summed E-state index contributed by atoms with van der Waals surface area (Å²) in [6, 6.07) is 8.11. The van der Waals surface area contributed by atoms with Gasteiger partial charge in [0, 0.05) is 37.6 Å². The molecule has 3 aromatic rings. The van der Waals surface area contributed by atoms with Crippen LogP contribution in [0.25, 0.3) is 11.5 Å². The molecule has 0 spiro atoms. The summed E-state index contributed by atoms with van der Waals surface area (Å²) in [5, 5.41) is 6.54. The van der Waals surface area contributed by atoms with E-state index in [1.165, 1.54) is 5.56 Å². The van der Waals surface area contributed by atoms with E-state index < -0.39 is 0 Å². The van der Waals surface area contributed by atoms with Gasteiger partial charge in [0.1, 0.15) is 12.0 Å². The smallest absolute Gasteiger partial charge is 0.226 e. The van der Waals surface area contributed by atoms with Crippen LogP contribution in [0.4, 0.5) is 0 Å². The SMILES string of the molecule is CCNC(=NCc1coc(-c2ccc(C)cc2)n1)NCCn1ccnc1. The van der Waals surface area contributed by atoms with E-state index in [9.17, 15) is 0 Å². The van der Waals surface area contributed by atoms with Crippen molar-refractivity contribution in [2.24, 2.45) is 4.99 Å². The van der Waals surface area contributed by atoms with Crippen LogP contribution in [0.15, 0.2) is 58.7 Å². The topological polar surface area (TPSA) is 80.3 Å². The van der Waals surface area contributed by atoms with Gasteiger partial charge >= 0.3 is 0 Å². The number of imidazole rings is 1. The first-order valence-corrected chi connectivity index (χ1v) is 8.74. The summed E-state index contributed by atoms with van der Waals surface area (Å²) in [5.41, 5.74) is 2.98. The maximum atomic E-state index is 5.58. The average Bonchev–Trinajstić information content (AvgIpc) is 3.32. The van der Waals surface area contributed by atoms with Gasteiger partial charge in [0.15, 0.2) is 5.96 Å². The third kappa shape index (κ3) is 4.95. The third-order valence-electron chi connectivity index (χ3n) is 3.82. The number of aryl methyl sites for hydroxylation is 1. The molecule has 0 fully saturated rings. The van der Waals surface area contributed by atoms with Crippen LogP contribution in [0.3, 0.4) is 0 Å². The number of rotatable bonds is 7. The monoisotopic (exact) mass is 352 g/mol. The van der Waals surface area contributed by atoms with Gasteiger partial charge in [-0.05, 0) is 26.0 Å². The summed E-state index contributed by atoms with van der Waals surface area (Å²) in [4.78, 5) is 13.1. The van der Waals surface area contributed by atoms with Crippen molar-refractivity contribution in [2.45, 2.75) is 26.9 Å². The van der Waals surface area contributed by atoms with Crippen LogP contribution >= 0.6 is 0 Å². The molecule has 0 saturated heterocycles. The zero-order valence-electron chi connectivity index (χ0n) is 15.1. The van der Waals surface area contributed by atoms with E-state index >= 15 is 0 Å². The summed E-state index contributed by atoms with van der Waals surface area (Å²) < 4.78 is 7.60. The fourth-order valence-corrected chi connectivity index (χ4v) is 2.43. The summed E-state index contributed by atoms with van der Waals surface area (Å²) >= 11 is 0. The maximum absolute atomic E-state index is 5.58. The predicted octanol–water partition coefficient (Wildman–Crippen LogP) is 2.60. The van der Waals surface area contributed by atoms with Gasteiger partial charge in [0.25, 0.3) is 0 Å². The first-order valence-electron chi connectivity index (χ1n) is 8.74. The Morgan fingerprint density at radius 2 is 2.08 bits per heavy atom. The van der Waals surface area contributed by atoms with Gasteiger partial charge in [-0.3, -0.25) is 0 Å². The molecule has 2 aromatic heterocycles. The number of oxazole rings is 1. The average molecular weight is 352 g/mol. The van der Waals surface area contributed by atoms with Crippen molar-refractivity contribution < 1.29 is 4.42 Å². The number of nitrogens with zero attached hydrogens (tertiary/aromatic N) is 4. The van der Waals surface area contributed by atoms with Crippen LogP contribution in [0.5, 0.6) is 0 Å². The van der Waals surface area contributed by atoms with E-state index in [1.807, 2.05) is 42.0 Å². The van der Waals surface area contributed by atoms with Gasteiger partial charge in [0.2, 0.25) is 5.89 Å². The molecule has 7 nitrogen and oxygen atoms in total. The van der Waals surface area contributed by atoms with Crippen molar-refractivity contribution in [1.82, 2.24) is 25.2 Å². The van der Waals surface area contributed by atoms with E-state index in [0.717, 1.165) is 36.9 Å². The van der Waals surface area contributed by atoms with Crippen molar-refractivity contribution in [1.29, 1.82) is 0 Å². The number of benzene rings is 1. The molecule has 0 aliphatic rings. The quantitative estimate of drug-likeness (QED) is 0.505. The number of nitrogens with one attached hydrogen (secondary N) is 2. The molecule has 0 aliphatic heterocycles. The highest BCUT2D eigenvalue weighted by atomic mass is 16.3. The fourth-order valence-electron chi connectivity index (χ4n) is 2.43. The molecule has 136 valence electrons. The minimum absolute atomic E-state index is 0.454. The molecule has 2 heterocycles. The number of aromatic nitrogens is 3. The molecule has 0 bridgehead atoms. The van der Waals surface area contributed by atoms with Crippen LogP contribution in [-0.4, -0.2) is 33.6 Å². The van der Waals surface area contributed by atoms with Crippen molar-refractivity contribution in [3.63, 3.8) is 0 Å². The largest absolute Gasteiger partial charge is 0.444 e. The number of hydrogen-bond donors (Lipinski definition) is 2. The van der Waals surface area contributed by atoms with E-state index in [0.29, 0.717) is 12.4 Å². The zero-order chi connectivity index (χ0) is 18.2. The number of hydrogen-bond acceptors (Lipinski definition) is 4. The predicted molar refractivity (Wildman–Crippen MR) is 102 cm³/mol. The highest BCUT2D eigenvalue weighted by Crippen LogP contribution is 2.19. The summed E-state index contributed by atoms with van der Waals surface area (Å²) in [6.45, 7) is 6.93. The van der Waals surface area contributed by atoms with E-state index in [1.54, 1.807) is 18.8 Å². The highest BCUT2D eigenvalue weighted by molar-refractivity contribution is 5.79. The second kappa shape index (κ2) is 8.84.